The van der Waals surface area contributed by atoms with E-state index in [9.17, 15) is 0 Å². The van der Waals surface area contributed by atoms with Crippen molar-refractivity contribution < 1.29 is 4.74 Å². The van der Waals surface area contributed by atoms with Gasteiger partial charge in [-0.25, -0.2) is 0 Å². The predicted octanol–water partition coefficient (Wildman–Crippen LogP) is 3.49. The molecular formula is C14H18ClN5O. The maximum absolute atomic E-state index is 5.87. The van der Waals surface area contributed by atoms with Gasteiger partial charge in [0.2, 0.25) is 17.2 Å². The number of halogens is 1. The molecule has 1 aromatic heterocycles. The van der Waals surface area contributed by atoms with Gasteiger partial charge in [0.1, 0.15) is 5.75 Å². The number of nitrogens with zero attached hydrogens (tertiary/aromatic N) is 3. The third-order valence-corrected chi connectivity index (χ3v) is 2.59. The molecule has 21 heavy (non-hydrogen) atoms. The lowest BCUT2D eigenvalue weighted by Gasteiger charge is -2.11. The molecule has 2 rings (SSSR count). The van der Waals surface area contributed by atoms with E-state index in [4.69, 9.17) is 16.3 Å². The second kappa shape index (κ2) is 7.08. The van der Waals surface area contributed by atoms with Gasteiger partial charge >= 0.3 is 0 Å². The first-order chi connectivity index (χ1) is 10.1. The van der Waals surface area contributed by atoms with Crippen molar-refractivity contribution >= 4 is 29.2 Å². The van der Waals surface area contributed by atoms with Gasteiger partial charge in [-0.1, -0.05) is 0 Å². The Morgan fingerprint density at radius 1 is 1.10 bits per heavy atom. The first-order valence-electron chi connectivity index (χ1n) is 6.76. The van der Waals surface area contributed by atoms with Crippen molar-refractivity contribution in [3.8, 4) is 5.75 Å². The maximum atomic E-state index is 5.87. The Bertz CT molecular complexity index is 588. The summed E-state index contributed by atoms with van der Waals surface area (Å²) in [6, 6.07) is 7.55. The first-order valence-corrected chi connectivity index (χ1v) is 7.14. The molecule has 0 unspecified atom stereocenters. The van der Waals surface area contributed by atoms with E-state index in [0.29, 0.717) is 18.4 Å². The number of benzene rings is 1. The van der Waals surface area contributed by atoms with E-state index >= 15 is 0 Å². The van der Waals surface area contributed by atoms with Crippen LogP contribution in [0.4, 0.5) is 17.6 Å². The molecule has 0 bridgehead atoms. The van der Waals surface area contributed by atoms with E-state index in [1.807, 2.05) is 45.0 Å². The minimum atomic E-state index is 0.142. The average Bonchev–Trinajstić information content (AvgIpc) is 2.40. The monoisotopic (exact) mass is 307 g/mol. The molecule has 0 aliphatic rings. The first kappa shape index (κ1) is 15.3. The van der Waals surface area contributed by atoms with Gasteiger partial charge in [-0.05, 0) is 56.6 Å². The SMILES string of the molecule is CCNc1nc(Cl)nc(Nc2ccc(OC(C)C)cc2)n1. The number of rotatable bonds is 6. The fraction of sp³-hybridized carbons (Fsp3) is 0.357. The second-order valence-corrected chi connectivity index (χ2v) is 4.94. The fourth-order valence-electron chi connectivity index (χ4n) is 1.66. The Balaban J connectivity index is 2.10. The number of ether oxygens (including phenoxy) is 1. The van der Waals surface area contributed by atoms with Crippen LogP contribution in [0.5, 0.6) is 5.75 Å². The van der Waals surface area contributed by atoms with Crippen LogP contribution in [0.3, 0.4) is 0 Å². The summed E-state index contributed by atoms with van der Waals surface area (Å²) >= 11 is 5.87. The zero-order valence-electron chi connectivity index (χ0n) is 12.2. The summed E-state index contributed by atoms with van der Waals surface area (Å²) in [4.78, 5) is 12.3. The van der Waals surface area contributed by atoms with Gasteiger partial charge in [-0.3, -0.25) is 0 Å². The largest absolute Gasteiger partial charge is 0.491 e. The summed E-state index contributed by atoms with van der Waals surface area (Å²) < 4.78 is 5.59. The van der Waals surface area contributed by atoms with E-state index in [1.165, 1.54) is 0 Å². The van der Waals surface area contributed by atoms with Crippen LogP contribution >= 0.6 is 11.6 Å². The van der Waals surface area contributed by atoms with Crippen LogP contribution in [-0.2, 0) is 0 Å². The van der Waals surface area contributed by atoms with Crippen molar-refractivity contribution in [2.75, 3.05) is 17.2 Å². The molecule has 0 atom stereocenters. The van der Waals surface area contributed by atoms with E-state index in [2.05, 4.69) is 25.6 Å². The van der Waals surface area contributed by atoms with Crippen LogP contribution in [0.25, 0.3) is 0 Å². The van der Waals surface area contributed by atoms with Crippen LogP contribution in [0.15, 0.2) is 24.3 Å². The predicted molar refractivity (Wildman–Crippen MR) is 84.5 cm³/mol. The van der Waals surface area contributed by atoms with Gasteiger partial charge < -0.3 is 15.4 Å². The van der Waals surface area contributed by atoms with Crippen molar-refractivity contribution in [1.82, 2.24) is 15.0 Å². The molecule has 1 aromatic carbocycles. The van der Waals surface area contributed by atoms with Crippen LogP contribution in [0.2, 0.25) is 5.28 Å². The van der Waals surface area contributed by atoms with Crippen molar-refractivity contribution in [1.29, 1.82) is 0 Å². The highest BCUT2D eigenvalue weighted by molar-refractivity contribution is 6.28. The van der Waals surface area contributed by atoms with Gasteiger partial charge in [-0.15, -0.1) is 0 Å². The highest BCUT2D eigenvalue weighted by Gasteiger charge is 2.05. The summed E-state index contributed by atoms with van der Waals surface area (Å²) in [7, 11) is 0. The third-order valence-electron chi connectivity index (χ3n) is 2.43. The van der Waals surface area contributed by atoms with Crippen molar-refractivity contribution in [2.24, 2.45) is 0 Å². The van der Waals surface area contributed by atoms with E-state index < -0.39 is 0 Å². The molecule has 112 valence electrons. The lowest BCUT2D eigenvalue weighted by Crippen LogP contribution is -2.07. The molecule has 0 aliphatic heterocycles. The summed E-state index contributed by atoms with van der Waals surface area (Å²) in [5, 5.41) is 6.22. The van der Waals surface area contributed by atoms with E-state index in [0.717, 1.165) is 11.4 Å². The molecule has 0 saturated carbocycles. The Labute approximate surface area is 128 Å². The molecule has 2 aromatic rings. The average molecular weight is 308 g/mol. The Morgan fingerprint density at radius 2 is 1.76 bits per heavy atom. The number of hydrogen-bond acceptors (Lipinski definition) is 6. The number of nitrogens with one attached hydrogen (secondary N) is 2. The van der Waals surface area contributed by atoms with Gasteiger partial charge in [0.05, 0.1) is 6.10 Å². The third kappa shape index (κ3) is 4.75. The Hall–Kier alpha value is -2.08. The van der Waals surface area contributed by atoms with Crippen LogP contribution in [0.1, 0.15) is 20.8 Å². The molecule has 0 saturated heterocycles. The Morgan fingerprint density at radius 3 is 2.38 bits per heavy atom. The van der Waals surface area contributed by atoms with Gasteiger partial charge in [0.25, 0.3) is 0 Å². The molecule has 0 aliphatic carbocycles. The normalized spacial score (nSPS) is 10.5. The molecular weight excluding hydrogens is 290 g/mol. The van der Waals surface area contributed by atoms with E-state index in [1.54, 1.807) is 0 Å². The highest BCUT2D eigenvalue weighted by atomic mass is 35.5. The van der Waals surface area contributed by atoms with Crippen molar-refractivity contribution in [2.45, 2.75) is 26.9 Å². The summed E-state index contributed by atoms with van der Waals surface area (Å²) in [6.07, 6.45) is 0.147. The molecule has 0 amide bonds. The summed E-state index contributed by atoms with van der Waals surface area (Å²) in [5.74, 6) is 1.65. The molecule has 1 heterocycles. The molecule has 0 fully saturated rings. The minimum Gasteiger partial charge on any atom is -0.491 e. The maximum Gasteiger partial charge on any atom is 0.233 e. The van der Waals surface area contributed by atoms with Crippen molar-refractivity contribution in [3.05, 3.63) is 29.5 Å². The molecule has 0 radical (unpaired) electrons. The van der Waals surface area contributed by atoms with Gasteiger partial charge in [0, 0.05) is 12.2 Å². The highest BCUT2D eigenvalue weighted by Crippen LogP contribution is 2.20. The number of hydrogen-bond donors (Lipinski definition) is 2. The van der Waals surface area contributed by atoms with Gasteiger partial charge in [-0.2, -0.15) is 15.0 Å². The zero-order chi connectivity index (χ0) is 15.2. The standard InChI is InChI=1S/C14H18ClN5O/c1-4-16-13-18-12(15)19-14(20-13)17-10-5-7-11(8-6-10)21-9(2)3/h5-9H,4H2,1-3H3,(H2,16,17,18,19,20). The quantitative estimate of drug-likeness (QED) is 0.851. The van der Waals surface area contributed by atoms with Gasteiger partial charge in [0.15, 0.2) is 0 Å². The summed E-state index contributed by atoms with van der Waals surface area (Å²) in [6.45, 7) is 6.64. The molecule has 2 N–H and O–H groups in total. The minimum absolute atomic E-state index is 0.142. The van der Waals surface area contributed by atoms with Crippen LogP contribution in [-0.4, -0.2) is 27.6 Å². The number of anilines is 3. The van der Waals surface area contributed by atoms with Crippen LogP contribution in [0, 0.1) is 0 Å². The smallest absolute Gasteiger partial charge is 0.233 e. The molecule has 0 spiro atoms. The fourth-order valence-corrected chi connectivity index (χ4v) is 1.82. The lowest BCUT2D eigenvalue weighted by molar-refractivity contribution is 0.242. The van der Waals surface area contributed by atoms with Crippen molar-refractivity contribution in [3.63, 3.8) is 0 Å². The zero-order valence-corrected chi connectivity index (χ0v) is 13.0. The summed E-state index contributed by atoms with van der Waals surface area (Å²) in [5.41, 5.74) is 0.843. The Kier molecular flexibility index (Phi) is 5.16. The van der Waals surface area contributed by atoms with E-state index in [-0.39, 0.29) is 11.4 Å². The second-order valence-electron chi connectivity index (χ2n) is 4.60. The molecule has 7 heteroatoms. The lowest BCUT2D eigenvalue weighted by atomic mass is 10.3. The molecule has 6 nitrogen and oxygen atoms in total. The topological polar surface area (TPSA) is 72.0 Å². The number of aromatic nitrogens is 3. The van der Waals surface area contributed by atoms with Crippen LogP contribution < -0.4 is 15.4 Å².